The number of amides is 1. The molecule has 0 spiro atoms. The lowest BCUT2D eigenvalue weighted by Gasteiger charge is -2.03. The highest BCUT2D eigenvalue weighted by Gasteiger charge is 2.07. The summed E-state index contributed by atoms with van der Waals surface area (Å²) in [6.45, 7) is 0.0145. The van der Waals surface area contributed by atoms with Gasteiger partial charge in [0.25, 0.3) is 5.91 Å². The Morgan fingerprint density at radius 1 is 1.27 bits per heavy atom. The van der Waals surface area contributed by atoms with Crippen molar-refractivity contribution < 1.29 is 18.4 Å². The summed E-state index contributed by atoms with van der Waals surface area (Å²) < 4.78 is 18.2. The summed E-state index contributed by atoms with van der Waals surface area (Å²) in [5.74, 6) is -0.484. The number of nitrogens with one attached hydrogen (secondary N) is 1. The fourth-order valence-electron chi connectivity index (χ4n) is 2.01. The van der Waals surface area contributed by atoms with Crippen LogP contribution in [0.1, 0.15) is 5.69 Å². The van der Waals surface area contributed by atoms with Gasteiger partial charge in [-0.1, -0.05) is 28.9 Å². The number of aromatic nitrogens is 1. The van der Waals surface area contributed by atoms with E-state index in [1.54, 1.807) is 36.4 Å². The van der Waals surface area contributed by atoms with Crippen molar-refractivity contribution in [2.24, 2.45) is 5.16 Å². The van der Waals surface area contributed by atoms with Crippen LogP contribution in [0.3, 0.4) is 0 Å². The highest BCUT2D eigenvalue weighted by molar-refractivity contribution is 6.36. The number of para-hydroxylation sites is 1. The number of carbonyl (C=O) groups excluding carboxylic acids is 1. The second-order valence-electron chi connectivity index (χ2n) is 5.13. The number of oxime groups is 1. The number of anilines is 1. The Morgan fingerprint density at radius 3 is 2.81 bits per heavy atom. The van der Waals surface area contributed by atoms with Crippen molar-refractivity contribution in [2.75, 3.05) is 5.32 Å². The Balaban J connectivity index is 1.50. The molecular weight excluding hydrogens is 361 g/mol. The molecule has 0 bridgehead atoms. The Bertz CT molecular complexity index is 925. The molecule has 0 aliphatic carbocycles. The first-order chi connectivity index (χ1) is 12.6. The van der Waals surface area contributed by atoms with E-state index in [1.165, 1.54) is 18.4 Å². The second kappa shape index (κ2) is 8.26. The van der Waals surface area contributed by atoms with Crippen molar-refractivity contribution in [1.29, 1.82) is 0 Å². The molecule has 1 heterocycles. The minimum Gasteiger partial charge on any atom is -0.444 e. The number of carbonyl (C=O) groups is 1. The standard InChI is InChI=1S/C18H13ClFN3O3/c19-15-3-1-2-4-16(15)23-17(24)9-21-26-11-14-10-25-18(22-14)12-5-7-13(20)8-6-12/h1-10H,11H2,(H,23,24)/b21-9+. The van der Waals surface area contributed by atoms with E-state index in [9.17, 15) is 9.18 Å². The Morgan fingerprint density at radius 2 is 2.04 bits per heavy atom. The molecule has 132 valence electrons. The Labute approximate surface area is 153 Å². The molecule has 1 aromatic heterocycles. The van der Waals surface area contributed by atoms with Crippen LogP contribution in [0.25, 0.3) is 11.5 Å². The van der Waals surface area contributed by atoms with Crippen molar-refractivity contribution in [3.63, 3.8) is 0 Å². The fourth-order valence-corrected chi connectivity index (χ4v) is 2.20. The summed E-state index contributed by atoms with van der Waals surface area (Å²) in [4.78, 5) is 20.9. The molecule has 1 amide bonds. The van der Waals surface area contributed by atoms with Crippen LogP contribution in [0, 0.1) is 5.82 Å². The number of halogens is 2. The largest absolute Gasteiger partial charge is 0.444 e. The van der Waals surface area contributed by atoms with E-state index in [4.69, 9.17) is 20.9 Å². The molecular formula is C18H13ClFN3O3. The van der Waals surface area contributed by atoms with Gasteiger partial charge in [-0.05, 0) is 36.4 Å². The van der Waals surface area contributed by atoms with Crippen molar-refractivity contribution in [1.82, 2.24) is 4.98 Å². The molecule has 3 rings (SSSR count). The smallest absolute Gasteiger partial charge is 0.270 e. The molecule has 0 unspecified atom stereocenters. The number of benzene rings is 2. The van der Waals surface area contributed by atoms with E-state index in [0.717, 1.165) is 6.21 Å². The van der Waals surface area contributed by atoms with E-state index < -0.39 is 5.91 Å². The first-order valence-corrected chi connectivity index (χ1v) is 7.91. The third-order valence-electron chi connectivity index (χ3n) is 3.23. The predicted molar refractivity (Wildman–Crippen MR) is 95.3 cm³/mol. The van der Waals surface area contributed by atoms with Gasteiger partial charge >= 0.3 is 0 Å². The molecule has 0 aliphatic rings. The number of hydrogen-bond acceptors (Lipinski definition) is 5. The Hall–Kier alpha value is -3.19. The zero-order valence-electron chi connectivity index (χ0n) is 13.4. The number of hydrogen-bond donors (Lipinski definition) is 1. The third kappa shape index (κ3) is 4.67. The zero-order chi connectivity index (χ0) is 18.4. The summed E-state index contributed by atoms with van der Waals surface area (Å²) in [6, 6.07) is 12.6. The van der Waals surface area contributed by atoms with Gasteiger partial charge in [0.15, 0.2) is 6.61 Å². The molecule has 0 saturated heterocycles. The molecule has 0 fully saturated rings. The summed E-state index contributed by atoms with van der Waals surface area (Å²) in [5, 5.41) is 6.57. The molecule has 8 heteroatoms. The molecule has 6 nitrogen and oxygen atoms in total. The van der Waals surface area contributed by atoms with E-state index >= 15 is 0 Å². The predicted octanol–water partition coefficient (Wildman–Crippen LogP) is 4.28. The minimum atomic E-state index is -0.481. The van der Waals surface area contributed by atoms with Crippen LogP contribution in [0.2, 0.25) is 5.02 Å². The highest BCUT2D eigenvalue weighted by Crippen LogP contribution is 2.20. The number of rotatable bonds is 6. The van der Waals surface area contributed by atoms with E-state index in [2.05, 4.69) is 15.5 Å². The summed E-state index contributed by atoms with van der Waals surface area (Å²) in [5.41, 5.74) is 1.60. The van der Waals surface area contributed by atoms with Crippen molar-refractivity contribution >= 4 is 29.4 Å². The second-order valence-corrected chi connectivity index (χ2v) is 5.54. The van der Waals surface area contributed by atoms with Gasteiger partial charge in [-0.25, -0.2) is 9.37 Å². The van der Waals surface area contributed by atoms with Gasteiger partial charge in [-0.15, -0.1) is 0 Å². The van der Waals surface area contributed by atoms with E-state index in [-0.39, 0.29) is 12.4 Å². The first kappa shape index (κ1) is 17.6. The maximum absolute atomic E-state index is 12.9. The lowest BCUT2D eigenvalue weighted by atomic mass is 10.2. The molecule has 2 aromatic carbocycles. The SMILES string of the molecule is O=C(/C=N/OCc1coc(-c2ccc(F)cc2)n1)Nc1ccccc1Cl. The molecule has 3 aromatic rings. The van der Waals surface area contributed by atoms with Gasteiger partial charge in [-0.3, -0.25) is 4.79 Å². The van der Waals surface area contributed by atoms with Gasteiger partial charge in [0, 0.05) is 5.56 Å². The topological polar surface area (TPSA) is 76.7 Å². The molecule has 0 radical (unpaired) electrons. The summed E-state index contributed by atoms with van der Waals surface area (Å²) >= 11 is 5.94. The van der Waals surface area contributed by atoms with Crippen LogP contribution in [0.4, 0.5) is 10.1 Å². The molecule has 26 heavy (non-hydrogen) atoms. The number of oxazole rings is 1. The quantitative estimate of drug-likeness (QED) is 0.517. The van der Waals surface area contributed by atoms with Crippen LogP contribution in [-0.2, 0) is 16.2 Å². The van der Waals surface area contributed by atoms with E-state index in [0.29, 0.717) is 27.9 Å². The van der Waals surface area contributed by atoms with E-state index in [1.807, 2.05) is 0 Å². The lowest BCUT2D eigenvalue weighted by Crippen LogP contribution is -2.13. The van der Waals surface area contributed by atoms with Gasteiger partial charge < -0.3 is 14.6 Å². The third-order valence-corrected chi connectivity index (χ3v) is 3.56. The van der Waals surface area contributed by atoms with Crippen LogP contribution >= 0.6 is 11.6 Å². The van der Waals surface area contributed by atoms with Crippen molar-refractivity contribution in [3.05, 3.63) is 71.3 Å². The van der Waals surface area contributed by atoms with Gasteiger partial charge in [0.1, 0.15) is 24.0 Å². The van der Waals surface area contributed by atoms with Crippen LogP contribution in [0.5, 0.6) is 0 Å². The van der Waals surface area contributed by atoms with Crippen LogP contribution in [-0.4, -0.2) is 17.1 Å². The first-order valence-electron chi connectivity index (χ1n) is 7.53. The van der Waals surface area contributed by atoms with Crippen LogP contribution in [0.15, 0.2) is 64.4 Å². The van der Waals surface area contributed by atoms with Gasteiger partial charge in [0.2, 0.25) is 5.89 Å². The monoisotopic (exact) mass is 373 g/mol. The van der Waals surface area contributed by atoms with Crippen molar-refractivity contribution in [2.45, 2.75) is 6.61 Å². The minimum absolute atomic E-state index is 0.0145. The van der Waals surface area contributed by atoms with Crippen LogP contribution < -0.4 is 5.32 Å². The maximum atomic E-state index is 12.9. The van der Waals surface area contributed by atoms with Gasteiger partial charge in [0.05, 0.1) is 10.7 Å². The molecule has 0 aliphatic heterocycles. The average Bonchev–Trinajstić information content (AvgIpc) is 3.10. The Kier molecular flexibility index (Phi) is 5.60. The zero-order valence-corrected chi connectivity index (χ0v) is 14.1. The number of nitrogens with zero attached hydrogens (tertiary/aromatic N) is 2. The summed E-state index contributed by atoms with van der Waals surface area (Å²) in [6.07, 6.45) is 2.39. The molecule has 1 N–H and O–H groups in total. The maximum Gasteiger partial charge on any atom is 0.270 e. The van der Waals surface area contributed by atoms with Crippen molar-refractivity contribution in [3.8, 4) is 11.5 Å². The fraction of sp³-hybridized carbons (Fsp3) is 0.0556. The summed E-state index contributed by atoms with van der Waals surface area (Å²) in [7, 11) is 0. The molecule has 0 saturated carbocycles. The normalized spacial score (nSPS) is 10.8. The lowest BCUT2D eigenvalue weighted by molar-refractivity contribution is -0.110. The highest BCUT2D eigenvalue weighted by atomic mass is 35.5. The molecule has 0 atom stereocenters. The average molecular weight is 374 g/mol. The van der Waals surface area contributed by atoms with Gasteiger partial charge in [-0.2, -0.15) is 0 Å².